The molecule has 1 aromatic heterocycles. The van der Waals surface area contributed by atoms with Gasteiger partial charge in [0, 0.05) is 43.3 Å². The summed E-state index contributed by atoms with van der Waals surface area (Å²) in [5, 5.41) is 11.4. The second-order valence-electron chi connectivity index (χ2n) is 7.16. The number of hydrogen-bond acceptors (Lipinski definition) is 5. The number of likely N-dealkylation sites (N-methyl/N-ethyl adjacent to an activating group) is 1. The van der Waals surface area contributed by atoms with Crippen LogP contribution in [0, 0.1) is 6.92 Å². The number of amides is 1. The summed E-state index contributed by atoms with van der Waals surface area (Å²) < 4.78 is 11.4. The number of guanidine groups is 1. The van der Waals surface area contributed by atoms with Crippen molar-refractivity contribution in [2.45, 2.75) is 18.2 Å². The van der Waals surface area contributed by atoms with Crippen LogP contribution in [0.15, 0.2) is 51.3 Å². The molecule has 0 bridgehead atoms. The predicted molar refractivity (Wildman–Crippen MR) is 136 cm³/mol. The van der Waals surface area contributed by atoms with Crippen LogP contribution in [0.3, 0.4) is 0 Å². The summed E-state index contributed by atoms with van der Waals surface area (Å²) in [6.45, 7) is 3.42. The zero-order valence-corrected chi connectivity index (χ0v) is 20.4. The van der Waals surface area contributed by atoms with Crippen LogP contribution < -0.4 is 15.8 Å². The topological polar surface area (TPSA) is 112 Å². The molecule has 0 radical (unpaired) electrons. The Morgan fingerprint density at radius 2 is 2.09 bits per heavy atom. The summed E-state index contributed by atoms with van der Waals surface area (Å²) in [6, 6.07) is 8.90. The Morgan fingerprint density at radius 1 is 1.31 bits per heavy atom. The fraction of sp³-hybridized carbons (Fsp3) is 0.318. The van der Waals surface area contributed by atoms with E-state index < -0.39 is 11.0 Å². The van der Waals surface area contributed by atoms with Crippen LogP contribution in [0.25, 0.3) is 6.08 Å². The number of carbonyl (C=O) groups excluding carboxylic acids is 1. The number of thiophene rings is 1. The molecule has 32 heavy (non-hydrogen) atoms. The molecule has 0 aliphatic heterocycles. The highest BCUT2D eigenvalue weighted by Crippen LogP contribution is 2.23. The number of allylic oxidation sites excluding steroid dienone is 1. The van der Waals surface area contributed by atoms with E-state index in [0.717, 1.165) is 17.0 Å². The molecule has 0 aliphatic carbocycles. The molecule has 1 unspecified atom stereocenters. The highest BCUT2D eigenvalue weighted by atomic mass is 32.2. The minimum Gasteiger partial charge on any atom is -0.350 e. The Hall–Kier alpha value is -2.66. The molecule has 1 amide bonds. The molecule has 0 spiro atoms. The van der Waals surface area contributed by atoms with E-state index >= 15 is 0 Å². The zero-order valence-electron chi connectivity index (χ0n) is 18.8. The number of nitrogens with one attached hydrogen (secondary N) is 2. The van der Waals surface area contributed by atoms with Gasteiger partial charge in [-0.3, -0.25) is 9.79 Å². The largest absolute Gasteiger partial charge is 0.350 e. The van der Waals surface area contributed by atoms with Crippen LogP contribution in [0.1, 0.15) is 26.5 Å². The fourth-order valence-electron chi connectivity index (χ4n) is 2.60. The van der Waals surface area contributed by atoms with Crippen molar-refractivity contribution in [2.24, 2.45) is 15.1 Å². The summed E-state index contributed by atoms with van der Waals surface area (Å²) in [6.07, 6.45) is 6.34. The molecule has 8 nitrogen and oxygen atoms in total. The number of rotatable bonds is 9. The van der Waals surface area contributed by atoms with Crippen molar-refractivity contribution in [3.63, 3.8) is 0 Å². The van der Waals surface area contributed by atoms with Crippen LogP contribution >= 0.6 is 11.3 Å². The molecule has 0 aliphatic rings. The second kappa shape index (κ2) is 13.0. The van der Waals surface area contributed by atoms with Crippen LogP contribution in [-0.4, -0.2) is 61.4 Å². The standard InChI is InChI=1S/C22H30N6O2S2/c1-16-14-20(21(29)25-12-13-28(3)4)31-19(16)10-5-6-11-26-22(24-2)27-17-8-7-9-18(15-17)32(23)30/h5,7-11,14-15H,6,12-13,23H2,1-4H3,(H,24,27)(H,25,29)/b10-5-,26-11?. The molecule has 0 saturated heterocycles. The lowest BCUT2D eigenvalue weighted by atomic mass is 10.2. The van der Waals surface area contributed by atoms with Gasteiger partial charge in [0.25, 0.3) is 5.91 Å². The van der Waals surface area contributed by atoms with Crippen molar-refractivity contribution in [2.75, 3.05) is 39.5 Å². The zero-order chi connectivity index (χ0) is 23.5. The maximum absolute atomic E-state index is 12.3. The van der Waals surface area contributed by atoms with Crippen LogP contribution in [0.2, 0.25) is 0 Å². The van der Waals surface area contributed by atoms with E-state index in [2.05, 4.69) is 20.6 Å². The third-order valence-corrected chi connectivity index (χ3v) is 6.20. The Morgan fingerprint density at radius 3 is 2.78 bits per heavy atom. The van der Waals surface area contributed by atoms with Gasteiger partial charge in [-0.2, -0.15) is 0 Å². The summed E-state index contributed by atoms with van der Waals surface area (Å²) in [5.41, 5.74) is 1.77. The third kappa shape index (κ3) is 8.46. The molecule has 4 N–H and O–H groups in total. The fourth-order valence-corrected chi connectivity index (χ4v) is 4.08. The lowest BCUT2D eigenvalue weighted by Gasteiger charge is -2.09. The lowest BCUT2D eigenvalue weighted by molar-refractivity contribution is 0.0955. The quantitative estimate of drug-likeness (QED) is 0.383. The normalized spacial score (nSPS) is 13.2. The third-order valence-electron chi connectivity index (χ3n) is 4.28. The average Bonchev–Trinajstić information content (AvgIpc) is 3.13. The summed E-state index contributed by atoms with van der Waals surface area (Å²) in [5.74, 6) is 0.390. The van der Waals surface area contributed by atoms with Gasteiger partial charge in [0.15, 0.2) is 0 Å². The number of hydrogen-bond donors (Lipinski definition) is 3. The first kappa shape index (κ1) is 25.6. The summed E-state index contributed by atoms with van der Waals surface area (Å²) in [4.78, 5) is 25.0. The minimum atomic E-state index is -1.54. The maximum atomic E-state index is 12.3. The molecule has 172 valence electrons. The monoisotopic (exact) mass is 474 g/mol. The van der Waals surface area contributed by atoms with Gasteiger partial charge in [-0.15, -0.1) is 11.3 Å². The average molecular weight is 475 g/mol. The molecular formula is C22H30N6O2S2. The van der Waals surface area contributed by atoms with Crippen molar-refractivity contribution in [1.29, 1.82) is 0 Å². The first-order valence-corrected chi connectivity index (χ1v) is 12.1. The van der Waals surface area contributed by atoms with Gasteiger partial charge in [-0.05, 0) is 56.9 Å². The van der Waals surface area contributed by atoms with Crippen LogP contribution in [0.4, 0.5) is 5.69 Å². The SMILES string of the molecule is CN=C(N=CC/C=C\c1sc(C(=O)NCCN(C)C)cc1C)Nc1cccc(S(N)=O)c1. The van der Waals surface area contributed by atoms with Crippen LogP contribution in [0.5, 0.6) is 0 Å². The maximum Gasteiger partial charge on any atom is 0.261 e. The number of aliphatic imine (C=N–C) groups is 2. The molecule has 10 heteroatoms. The molecule has 1 heterocycles. The Bertz CT molecular complexity index is 1030. The first-order chi connectivity index (χ1) is 15.3. The van der Waals surface area contributed by atoms with Crippen LogP contribution in [-0.2, 0) is 11.0 Å². The van der Waals surface area contributed by atoms with Gasteiger partial charge in [0.2, 0.25) is 5.96 Å². The van der Waals surface area contributed by atoms with Crippen molar-refractivity contribution in [3.8, 4) is 0 Å². The van der Waals surface area contributed by atoms with E-state index in [9.17, 15) is 9.00 Å². The molecule has 0 saturated carbocycles. The van der Waals surface area contributed by atoms with Crippen molar-refractivity contribution >= 4 is 52.2 Å². The minimum absolute atomic E-state index is 0.0430. The first-order valence-electron chi connectivity index (χ1n) is 10.0. The van der Waals surface area contributed by atoms with Gasteiger partial charge in [-0.25, -0.2) is 14.3 Å². The number of benzene rings is 1. The molecule has 1 aromatic carbocycles. The number of nitrogens with zero attached hydrogens (tertiary/aromatic N) is 3. The van der Waals surface area contributed by atoms with Gasteiger partial charge >= 0.3 is 0 Å². The van der Waals surface area contributed by atoms with Gasteiger partial charge in [0.05, 0.1) is 9.77 Å². The molecule has 2 rings (SSSR count). The van der Waals surface area contributed by atoms with E-state index in [1.54, 1.807) is 31.5 Å². The summed E-state index contributed by atoms with van der Waals surface area (Å²) in [7, 11) is 4.04. The highest BCUT2D eigenvalue weighted by molar-refractivity contribution is 7.82. The van der Waals surface area contributed by atoms with E-state index in [-0.39, 0.29) is 5.91 Å². The van der Waals surface area contributed by atoms with Gasteiger partial charge < -0.3 is 15.5 Å². The van der Waals surface area contributed by atoms with Crippen molar-refractivity contribution < 1.29 is 9.00 Å². The number of nitrogens with two attached hydrogens (primary N) is 1. The predicted octanol–water partition coefficient (Wildman–Crippen LogP) is 2.90. The Labute approximate surface area is 195 Å². The molecule has 1 atom stereocenters. The van der Waals surface area contributed by atoms with E-state index in [4.69, 9.17) is 5.14 Å². The summed E-state index contributed by atoms with van der Waals surface area (Å²) >= 11 is 1.47. The van der Waals surface area contributed by atoms with E-state index in [1.165, 1.54) is 11.3 Å². The second-order valence-corrected chi connectivity index (χ2v) is 9.31. The van der Waals surface area contributed by atoms with Gasteiger partial charge in [-0.1, -0.05) is 12.1 Å². The highest BCUT2D eigenvalue weighted by Gasteiger charge is 2.10. The Kier molecular flexibility index (Phi) is 10.4. The number of anilines is 1. The Balaban J connectivity index is 1.90. The number of carbonyl (C=O) groups is 1. The molecular weight excluding hydrogens is 444 g/mol. The lowest BCUT2D eigenvalue weighted by Crippen LogP contribution is -2.30. The van der Waals surface area contributed by atoms with Crippen molar-refractivity contribution in [1.82, 2.24) is 10.2 Å². The molecule has 2 aromatic rings. The number of aryl methyl sites for hydroxylation is 1. The molecule has 0 fully saturated rings. The van der Waals surface area contributed by atoms with Crippen molar-refractivity contribution in [3.05, 3.63) is 51.7 Å². The smallest absolute Gasteiger partial charge is 0.261 e. The van der Waals surface area contributed by atoms with E-state index in [1.807, 2.05) is 50.2 Å². The van der Waals surface area contributed by atoms with E-state index in [0.29, 0.717) is 34.4 Å². The van der Waals surface area contributed by atoms with Gasteiger partial charge in [0.1, 0.15) is 11.0 Å².